The van der Waals surface area contributed by atoms with Crippen molar-refractivity contribution in [3.63, 3.8) is 0 Å². The van der Waals surface area contributed by atoms with Crippen LogP contribution in [0.2, 0.25) is 0 Å². The summed E-state index contributed by atoms with van der Waals surface area (Å²) in [4.78, 5) is 25.9. The van der Waals surface area contributed by atoms with Crippen molar-refractivity contribution >= 4 is 11.8 Å². The molecule has 0 amide bonds. The van der Waals surface area contributed by atoms with Crippen molar-refractivity contribution in [3.05, 3.63) is 0 Å². The number of fused-ring (bicyclic) bond motifs is 5. The molecule has 4 rings (SSSR count). The number of methoxy groups -OCH3 is 1. The number of rotatable bonds is 5. The van der Waals surface area contributed by atoms with Gasteiger partial charge in [-0.2, -0.15) is 0 Å². The van der Waals surface area contributed by atoms with Gasteiger partial charge in [-0.25, -0.2) is 0 Å². The van der Waals surface area contributed by atoms with Gasteiger partial charge in [0.25, 0.3) is 0 Å². The highest BCUT2D eigenvalue weighted by molar-refractivity contribution is 5.86. The van der Waals surface area contributed by atoms with Gasteiger partial charge in [0.1, 0.15) is 5.78 Å². The lowest BCUT2D eigenvalue weighted by Crippen LogP contribution is -2.61. The summed E-state index contributed by atoms with van der Waals surface area (Å²) in [6.07, 6.45) is 8.61. The summed E-state index contributed by atoms with van der Waals surface area (Å²) < 4.78 is 4.88. The molecule has 0 radical (unpaired) electrons. The van der Waals surface area contributed by atoms with Crippen LogP contribution in [0.3, 0.4) is 0 Å². The van der Waals surface area contributed by atoms with Crippen LogP contribution in [0, 0.1) is 58.2 Å². The number of ether oxygens (including phenoxy) is 1. The lowest BCUT2D eigenvalue weighted by molar-refractivity contribution is -0.177. The minimum atomic E-state index is -0.237. The van der Waals surface area contributed by atoms with Gasteiger partial charge in [0, 0.05) is 18.3 Å². The Kier molecular flexibility index (Phi) is 6.59. The van der Waals surface area contributed by atoms with Gasteiger partial charge in [0.05, 0.1) is 13.2 Å². The largest absolute Gasteiger partial charge is 0.469 e. The minimum Gasteiger partial charge on any atom is -0.469 e. The average Bonchev–Trinajstić information content (AvgIpc) is 3.10. The van der Waals surface area contributed by atoms with Gasteiger partial charge in [-0.05, 0) is 97.7 Å². The van der Waals surface area contributed by atoms with E-state index in [0.717, 1.165) is 38.5 Å². The SMILES string of the molecule is COC(=O)CC[C@@H](C)C1CCC2C3C(=O)C(C(C)C)C4C[C@H](O)CCC4(C)C3CC[C@@]21C. The van der Waals surface area contributed by atoms with Crippen LogP contribution in [0.15, 0.2) is 0 Å². The molecule has 0 saturated heterocycles. The van der Waals surface area contributed by atoms with Crippen molar-refractivity contribution in [1.29, 1.82) is 0 Å². The summed E-state index contributed by atoms with van der Waals surface area (Å²) >= 11 is 0. The molecular weight excluding hydrogens is 400 g/mol. The van der Waals surface area contributed by atoms with Crippen molar-refractivity contribution in [2.24, 2.45) is 58.2 Å². The molecule has 182 valence electrons. The molecule has 0 bridgehead atoms. The molecule has 4 aliphatic rings. The highest BCUT2D eigenvalue weighted by Crippen LogP contribution is 2.69. The third kappa shape index (κ3) is 3.67. The molecule has 4 aliphatic carbocycles. The van der Waals surface area contributed by atoms with Gasteiger partial charge in [-0.1, -0.05) is 34.6 Å². The predicted molar refractivity (Wildman–Crippen MR) is 126 cm³/mol. The Morgan fingerprint density at radius 2 is 1.69 bits per heavy atom. The number of hydrogen-bond donors (Lipinski definition) is 1. The van der Waals surface area contributed by atoms with E-state index in [2.05, 4.69) is 34.6 Å². The first kappa shape index (κ1) is 24.2. The first-order chi connectivity index (χ1) is 15.0. The summed E-state index contributed by atoms with van der Waals surface area (Å²) in [6, 6.07) is 0. The third-order valence-electron chi connectivity index (χ3n) is 11.1. The first-order valence-corrected chi connectivity index (χ1v) is 13.3. The fraction of sp³-hybridized carbons (Fsp3) is 0.929. The maximum absolute atomic E-state index is 14.2. The Bertz CT molecular complexity index is 731. The van der Waals surface area contributed by atoms with E-state index in [9.17, 15) is 14.7 Å². The van der Waals surface area contributed by atoms with E-state index in [1.165, 1.54) is 20.0 Å². The van der Waals surface area contributed by atoms with Gasteiger partial charge in [-0.3, -0.25) is 9.59 Å². The topological polar surface area (TPSA) is 63.6 Å². The van der Waals surface area contributed by atoms with Crippen LogP contribution < -0.4 is 0 Å². The van der Waals surface area contributed by atoms with Crippen LogP contribution in [0.5, 0.6) is 0 Å². The molecule has 0 aliphatic heterocycles. The molecule has 4 saturated carbocycles. The Morgan fingerprint density at radius 1 is 1.03 bits per heavy atom. The molecule has 7 unspecified atom stereocenters. The molecule has 4 heteroatoms. The second kappa shape index (κ2) is 8.71. The normalized spacial score (nSPS) is 46.9. The molecule has 32 heavy (non-hydrogen) atoms. The number of carbonyl (C=O) groups excluding carboxylic acids is 2. The van der Waals surface area contributed by atoms with Crippen molar-refractivity contribution in [2.75, 3.05) is 7.11 Å². The molecule has 0 heterocycles. The van der Waals surface area contributed by atoms with Crippen LogP contribution in [-0.2, 0) is 14.3 Å². The third-order valence-corrected chi connectivity index (χ3v) is 11.1. The number of hydrogen-bond acceptors (Lipinski definition) is 4. The van der Waals surface area contributed by atoms with Gasteiger partial charge in [0.2, 0.25) is 0 Å². The molecular formula is C28H46O4. The summed E-state index contributed by atoms with van der Waals surface area (Å²) in [5.41, 5.74) is 0.383. The number of aliphatic hydroxyl groups excluding tert-OH is 1. The second-order valence-corrected chi connectivity index (χ2v) is 12.8. The maximum Gasteiger partial charge on any atom is 0.305 e. The second-order valence-electron chi connectivity index (χ2n) is 12.8. The lowest BCUT2D eigenvalue weighted by Gasteiger charge is -2.63. The van der Waals surface area contributed by atoms with Gasteiger partial charge < -0.3 is 9.84 Å². The molecule has 0 aromatic rings. The fourth-order valence-corrected chi connectivity index (χ4v) is 9.47. The highest BCUT2D eigenvalue weighted by Gasteiger charge is 2.65. The quantitative estimate of drug-likeness (QED) is 0.554. The summed E-state index contributed by atoms with van der Waals surface area (Å²) in [7, 11) is 1.47. The van der Waals surface area contributed by atoms with Crippen LogP contribution in [0.4, 0.5) is 0 Å². The van der Waals surface area contributed by atoms with E-state index in [-0.39, 0.29) is 34.7 Å². The monoisotopic (exact) mass is 446 g/mol. The molecule has 0 spiro atoms. The van der Waals surface area contributed by atoms with E-state index < -0.39 is 0 Å². The first-order valence-electron chi connectivity index (χ1n) is 13.3. The predicted octanol–water partition coefficient (Wildman–Crippen LogP) is 5.66. The average molecular weight is 447 g/mol. The summed E-state index contributed by atoms with van der Waals surface area (Å²) in [5.74, 6) is 3.39. The summed E-state index contributed by atoms with van der Waals surface area (Å²) in [6.45, 7) is 11.7. The number of carbonyl (C=O) groups is 2. The molecule has 0 aromatic heterocycles. The Labute approximate surface area is 195 Å². The zero-order valence-electron chi connectivity index (χ0n) is 21.2. The van der Waals surface area contributed by atoms with Crippen molar-refractivity contribution in [2.45, 2.75) is 98.5 Å². The summed E-state index contributed by atoms with van der Waals surface area (Å²) in [5, 5.41) is 10.5. The molecule has 4 nitrogen and oxygen atoms in total. The van der Waals surface area contributed by atoms with Crippen molar-refractivity contribution < 1.29 is 19.4 Å². The van der Waals surface area contributed by atoms with Gasteiger partial charge in [-0.15, -0.1) is 0 Å². The smallest absolute Gasteiger partial charge is 0.305 e. The van der Waals surface area contributed by atoms with Gasteiger partial charge >= 0.3 is 5.97 Å². The molecule has 1 N–H and O–H groups in total. The van der Waals surface area contributed by atoms with E-state index in [1.54, 1.807) is 0 Å². The fourth-order valence-electron chi connectivity index (χ4n) is 9.47. The standard InChI is InChI=1S/C28H46O4/c1-16(2)24-22-15-18(29)11-13-28(22,5)21-12-14-27(4)19(17(3)7-10-23(30)32-6)8-9-20(27)25(21)26(24)31/h16-22,24-25,29H,7-15H2,1-6H3/t17-,18-,19?,20?,21?,22?,24?,25?,27-,28?/m1/s1. The van der Waals surface area contributed by atoms with Gasteiger partial charge in [0.15, 0.2) is 0 Å². The van der Waals surface area contributed by atoms with E-state index in [1.807, 2.05) is 0 Å². The van der Waals surface area contributed by atoms with E-state index in [4.69, 9.17) is 4.74 Å². The lowest BCUT2D eigenvalue weighted by atomic mass is 9.41. The Hall–Kier alpha value is -0.900. The number of esters is 1. The molecule has 0 aromatic carbocycles. The number of Topliss-reactive ketones (excluding diaryl/α,β-unsaturated/α-hetero) is 1. The zero-order chi connectivity index (χ0) is 23.4. The van der Waals surface area contributed by atoms with Crippen LogP contribution in [-0.4, -0.2) is 30.1 Å². The number of aliphatic hydroxyl groups is 1. The number of ketones is 1. The van der Waals surface area contributed by atoms with Crippen molar-refractivity contribution in [1.82, 2.24) is 0 Å². The maximum atomic E-state index is 14.2. The van der Waals surface area contributed by atoms with E-state index >= 15 is 0 Å². The van der Waals surface area contributed by atoms with Crippen LogP contribution >= 0.6 is 0 Å². The van der Waals surface area contributed by atoms with Crippen LogP contribution in [0.25, 0.3) is 0 Å². The Morgan fingerprint density at radius 3 is 2.34 bits per heavy atom. The van der Waals surface area contributed by atoms with E-state index in [0.29, 0.717) is 47.7 Å². The molecule has 10 atom stereocenters. The molecule has 4 fully saturated rings. The van der Waals surface area contributed by atoms with Crippen molar-refractivity contribution in [3.8, 4) is 0 Å². The van der Waals surface area contributed by atoms with Crippen LogP contribution in [0.1, 0.15) is 92.4 Å². The highest BCUT2D eigenvalue weighted by atomic mass is 16.5. The zero-order valence-corrected chi connectivity index (χ0v) is 21.2. The minimum absolute atomic E-state index is 0.0920. The Balaban J connectivity index is 1.62.